The Balaban J connectivity index is 1.94. The lowest BCUT2D eigenvalue weighted by atomic mass is 10.1. The first-order chi connectivity index (χ1) is 15.2. The second kappa shape index (κ2) is 11.0. The quantitative estimate of drug-likeness (QED) is 0.567. The van der Waals surface area contributed by atoms with Gasteiger partial charge in [-0.3, -0.25) is 9.59 Å². The summed E-state index contributed by atoms with van der Waals surface area (Å²) in [5.74, 6) is -1.66. The molecule has 0 aliphatic carbocycles. The lowest BCUT2D eigenvalue weighted by Gasteiger charge is -2.16. The third-order valence-corrected chi connectivity index (χ3v) is 4.43. The maximum Gasteiger partial charge on any atom is 0.328 e. The minimum Gasteiger partial charge on any atom is -0.493 e. The first kappa shape index (κ1) is 24.4. The molecule has 10 heteroatoms. The van der Waals surface area contributed by atoms with Crippen LogP contribution in [0.15, 0.2) is 30.3 Å². The number of carbonyl (C=O) groups is 3. The Morgan fingerprint density at radius 3 is 2.16 bits per heavy atom. The molecule has 2 N–H and O–H groups in total. The van der Waals surface area contributed by atoms with E-state index in [1.807, 2.05) is 0 Å². The van der Waals surface area contributed by atoms with Gasteiger partial charge in [0.05, 0.1) is 21.3 Å². The van der Waals surface area contributed by atoms with E-state index < -0.39 is 36.2 Å². The van der Waals surface area contributed by atoms with Crippen LogP contribution in [0, 0.1) is 12.7 Å². The standard InChI is InChI=1S/C22H25FN2O7/c1-12-6-7-15(10-16(12)23)25-19(26)11-32-22(28)13(2)24-21(27)14-8-17(29-3)20(31-5)18(9-14)30-4/h6-10,13H,11H2,1-5H3,(H,24,27)(H,25,26). The molecule has 0 heterocycles. The summed E-state index contributed by atoms with van der Waals surface area (Å²) in [6, 6.07) is 6.02. The van der Waals surface area contributed by atoms with Crippen molar-refractivity contribution in [1.82, 2.24) is 5.32 Å². The molecule has 1 atom stereocenters. The summed E-state index contributed by atoms with van der Waals surface area (Å²) in [5, 5.41) is 4.90. The Labute approximate surface area is 184 Å². The van der Waals surface area contributed by atoms with E-state index >= 15 is 0 Å². The number of hydrogen-bond acceptors (Lipinski definition) is 7. The molecule has 0 aliphatic heterocycles. The van der Waals surface area contributed by atoms with E-state index in [4.69, 9.17) is 18.9 Å². The van der Waals surface area contributed by atoms with Crippen LogP contribution in [0.1, 0.15) is 22.8 Å². The van der Waals surface area contributed by atoms with Gasteiger partial charge in [-0.05, 0) is 43.7 Å². The second-order valence-corrected chi connectivity index (χ2v) is 6.73. The number of methoxy groups -OCH3 is 3. The molecule has 0 saturated heterocycles. The Bertz CT molecular complexity index is 985. The van der Waals surface area contributed by atoms with Gasteiger partial charge in [0.2, 0.25) is 5.75 Å². The summed E-state index contributed by atoms with van der Waals surface area (Å²) >= 11 is 0. The maximum absolute atomic E-state index is 13.5. The molecule has 1 unspecified atom stereocenters. The highest BCUT2D eigenvalue weighted by Crippen LogP contribution is 2.38. The summed E-state index contributed by atoms with van der Waals surface area (Å²) in [5.41, 5.74) is 0.835. The highest BCUT2D eigenvalue weighted by Gasteiger charge is 2.22. The molecule has 0 spiro atoms. The molecule has 2 aromatic carbocycles. The van der Waals surface area contributed by atoms with Crippen molar-refractivity contribution in [2.75, 3.05) is 33.3 Å². The number of aryl methyl sites for hydroxylation is 1. The fourth-order valence-electron chi connectivity index (χ4n) is 2.68. The number of halogens is 1. The highest BCUT2D eigenvalue weighted by molar-refractivity contribution is 5.98. The van der Waals surface area contributed by atoms with Gasteiger partial charge in [-0.2, -0.15) is 0 Å². The topological polar surface area (TPSA) is 112 Å². The lowest BCUT2D eigenvalue weighted by molar-refractivity contribution is -0.148. The molecule has 172 valence electrons. The zero-order chi connectivity index (χ0) is 23.8. The van der Waals surface area contributed by atoms with Crippen LogP contribution in [-0.2, 0) is 14.3 Å². The monoisotopic (exact) mass is 448 g/mol. The fraction of sp³-hybridized carbons (Fsp3) is 0.318. The van der Waals surface area contributed by atoms with Crippen molar-refractivity contribution >= 4 is 23.5 Å². The van der Waals surface area contributed by atoms with Crippen molar-refractivity contribution in [2.24, 2.45) is 0 Å². The Morgan fingerprint density at radius 1 is 1.00 bits per heavy atom. The van der Waals surface area contributed by atoms with Crippen molar-refractivity contribution in [2.45, 2.75) is 19.9 Å². The molecule has 0 fully saturated rings. The molecule has 0 aliphatic rings. The van der Waals surface area contributed by atoms with Gasteiger partial charge in [-0.25, -0.2) is 9.18 Å². The van der Waals surface area contributed by atoms with Crippen molar-refractivity contribution in [3.8, 4) is 17.2 Å². The largest absolute Gasteiger partial charge is 0.493 e. The Hall–Kier alpha value is -3.82. The minimum absolute atomic E-state index is 0.165. The van der Waals surface area contributed by atoms with E-state index in [1.54, 1.807) is 6.92 Å². The molecular formula is C22H25FN2O7. The number of carbonyl (C=O) groups excluding carboxylic acids is 3. The first-order valence-electron chi connectivity index (χ1n) is 9.53. The number of hydrogen-bond donors (Lipinski definition) is 2. The molecule has 0 bridgehead atoms. The van der Waals surface area contributed by atoms with Crippen LogP contribution in [0.2, 0.25) is 0 Å². The first-order valence-corrected chi connectivity index (χ1v) is 9.53. The zero-order valence-corrected chi connectivity index (χ0v) is 18.4. The van der Waals surface area contributed by atoms with Crippen LogP contribution < -0.4 is 24.8 Å². The molecule has 0 saturated carbocycles. The van der Waals surface area contributed by atoms with E-state index in [0.29, 0.717) is 11.3 Å². The number of amides is 2. The van der Waals surface area contributed by atoms with Crippen molar-refractivity contribution < 1.29 is 37.7 Å². The van der Waals surface area contributed by atoms with Crippen LogP contribution >= 0.6 is 0 Å². The van der Waals surface area contributed by atoms with Crippen molar-refractivity contribution in [1.29, 1.82) is 0 Å². The molecule has 0 radical (unpaired) electrons. The van der Waals surface area contributed by atoms with Crippen LogP contribution in [0.25, 0.3) is 0 Å². The summed E-state index contributed by atoms with van der Waals surface area (Å²) in [7, 11) is 4.26. The normalized spacial score (nSPS) is 11.2. The highest BCUT2D eigenvalue weighted by atomic mass is 19.1. The van der Waals surface area contributed by atoms with Gasteiger partial charge in [0, 0.05) is 11.3 Å². The summed E-state index contributed by atoms with van der Waals surface area (Å²) < 4.78 is 34.1. The molecular weight excluding hydrogens is 423 g/mol. The third kappa shape index (κ3) is 6.10. The molecule has 2 rings (SSSR count). The third-order valence-electron chi connectivity index (χ3n) is 4.43. The Kier molecular flexibility index (Phi) is 8.39. The van der Waals surface area contributed by atoms with Crippen LogP contribution in [0.5, 0.6) is 17.2 Å². The Morgan fingerprint density at radius 2 is 1.62 bits per heavy atom. The van der Waals surface area contributed by atoms with E-state index in [0.717, 1.165) is 6.07 Å². The molecule has 2 amide bonds. The number of nitrogens with one attached hydrogen (secondary N) is 2. The van der Waals surface area contributed by atoms with Gasteiger partial charge < -0.3 is 29.6 Å². The van der Waals surface area contributed by atoms with Gasteiger partial charge >= 0.3 is 5.97 Å². The average molecular weight is 448 g/mol. The molecule has 0 aromatic heterocycles. The smallest absolute Gasteiger partial charge is 0.328 e. The number of esters is 1. The number of ether oxygens (including phenoxy) is 4. The molecule has 9 nitrogen and oxygen atoms in total. The van der Waals surface area contributed by atoms with Gasteiger partial charge in [-0.1, -0.05) is 6.07 Å². The van der Waals surface area contributed by atoms with Crippen LogP contribution in [-0.4, -0.2) is 51.8 Å². The summed E-state index contributed by atoms with van der Waals surface area (Å²) in [6.45, 7) is 2.40. The molecule has 2 aromatic rings. The van der Waals surface area contributed by atoms with E-state index in [2.05, 4.69) is 10.6 Å². The summed E-state index contributed by atoms with van der Waals surface area (Å²) in [6.07, 6.45) is 0. The summed E-state index contributed by atoms with van der Waals surface area (Å²) in [4.78, 5) is 36.7. The van der Waals surface area contributed by atoms with E-state index in [-0.39, 0.29) is 22.7 Å². The second-order valence-electron chi connectivity index (χ2n) is 6.73. The van der Waals surface area contributed by atoms with Crippen LogP contribution in [0.4, 0.5) is 10.1 Å². The van der Waals surface area contributed by atoms with Gasteiger partial charge in [0.25, 0.3) is 11.8 Å². The maximum atomic E-state index is 13.5. The van der Waals surface area contributed by atoms with Gasteiger partial charge in [-0.15, -0.1) is 0 Å². The molecule has 32 heavy (non-hydrogen) atoms. The van der Waals surface area contributed by atoms with Crippen molar-refractivity contribution in [3.63, 3.8) is 0 Å². The van der Waals surface area contributed by atoms with E-state index in [1.165, 1.54) is 52.5 Å². The minimum atomic E-state index is -1.05. The zero-order valence-electron chi connectivity index (χ0n) is 18.4. The average Bonchev–Trinajstić information content (AvgIpc) is 2.78. The number of rotatable bonds is 9. The number of anilines is 1. The van der Waals surface area contributed by atoms with Crippen LogP contribution in [0.3, 0.4) is 0 Å². The van der Waals surface area contributed by atoms with Gasteiger partial charge in [0.15, 0.2) is 18.1 Å². The SMILES string of the molecule is COc1cc(C(=O)NC(C)C(=O)OCC(=O)Nc2ccc(C)c(F)c2)cc(OC)c1OC. The fourth-order valence-corrected chi connectivity index (χ4v) is 2.68. The predicted octanol–water partition coefficient (Wildman–Crippen LogP) is 2.46. The number of benzene rings is 2. The lowest BCUT2D eigenvalue weighted by Crippen LogP contribution is -2.40. The van der Waals surface area contributed by atoms with Gasteiger partial charge in [0.1, 0.15) is 11.9 Å². The van der Waals surface area contributed by atoms with Crippen molar-refractivity contribution in [3.05, 3.63) is 47.3 Å². The predicted molar refractivity (Wildman–Crippen MR) is 114 cm³/mol. The van der Waals surface area contributed by atoms with E-state index in [9.17, 15) is 18.8 Å².